The topological polar surface area (TPSA) is 87.1 Å². The van der Waals surface area contributed by atoms with Crippen molar-refractivity contribution in [1.82, 2.24) is 0 Å². The third kappa shape index (κ3) is 2.19. The zero-order valence-corrected chi connectivity index (χ0v) is 7.44. The molecule has 1 rings (SSSR count). The first-order valence-corrected chi connectivity index (χ1v) is 4.55. The fourth-order valence-corrected chi connectivity index (χ4v) is 1.93. The van der Waals surface area contributed by atoms with Gasteiger partial charge >= 0.3 is 5.97 Å². The van der Waals surface area contributed by atoms with Crippen molar-refractivity contribution >= 4 is 5.97 Å². The van der Waals surface area contributed by atoms with Gasteiger partial charge in [-0.05, 0) is 12.8 Å². The van der Waals surface area contributed by atoms with E-state index in [2.05, 4.69) is 6.07 Å². The molecule has 0 bridgehead atoms. The normalized spacial score (nSPS) is 30.5. The van der Waals surface area contributed by atoms with E-state index in [-0.39, 0.29) is 11.8 Å². The van der Waals surface area contributed by atoms with Crippen molar-refractivity contribution in [2.75, 3.05) is 0 Å². The highest BCUT2D eigenvalue weighted by Gasteiger charge is 2.33. The molecular formula is C9H14N2O2. The highest BCUT2D eigenvalue weighted by atomic mass is 16.4. The minimum Gasteiger partial charge on any atom is -0.480 e. The molecule has 0 aromatic carbocycles. The molecule has 4 nitrogen and oxygen atoms in total. The summed E-state index contributed by atoms with van der Waals surface area (Å²) in [5.41, 5.74) is 5.51. The molecule has 1 fully saturated rings. The summed E-state index contributed by atoms with van der Waals surface area (Å²) in [5, 5.41) is 17.5. The second-order valence-corrected chi connectivity index (χ2v) is 3.55. The predicted octanol–water partition coefficient (Wildman–Crippen LogP) is 0.728. The third-order valence-corrected chi connectivity index (χ3v) is 2.73. The first-order valence-electron chi connectivity index (χ1n) is 4.55. The van der Waals surface area contributed by atoms with Crippen molar-refractivity contribution in [2.24, 2.45) is 17.6 Å². The number of hydrogen-bond acceptors (Lipinski definition) is 3. The molecule has 0 spiro atoms. The standard InChI is InChI=1S/C9H14N2O2/c10-5-6-3-1-2-4-7(6)8(11)9(12)13/h6-8H,1-4,11H2,(H,12,13)/t6?,7?,8-/m1/s1. The van der Waals surface area contributed by atoms with Crippen molar-refractivity contribution in [1.29, 1.82) is 5.26 Å². The predicted molar refractivity (Wildman–Crippen MR) is 46.7 cm³/mol. The van der Waals surface area contributed by atoms with E-state index in [1.807, 2.05) is 0 Å². The quantitative estimate of drug-likeness (QED) is 0.659. The maximum Gasteiger partial charge on any atom is 0.320 e. The van der Waals surface area contributed by atoms with Crippen LogP contribution < -0.4 is 5.73 Å². The summed E-state index contributed by atoms with van der Waals surface area (Å²) in [6, 6.07) is 1.28. The Bertz CT molecular complexity index is 234. The Morgan fingerprint density at radius 3 is 2.69 bits per heavy atom. The average Bonchev–Trinajstić information content (AvgIpc) is 2.16. The van der Waals surface area contributed by atoms with E-state index in [1.54, 1.807) is 0 Å². The van der Waals surface area contributed by atoms with Gasteiger partial charge in [0, 0.05) is 5.92 Å². The summed E-state index contributed by atoms with van der Waals surface area (Å²) in [7, 11) is 0. The Hall–Kier alpha value is -1.08. The van der Waals surface area contributed by atoms with Crippen LogP contribution in [0.25, 0.3) is 0 Å². The Balaban J connectivity index is 2.65. The number of nitrogens with zero attached hydrogens (tertiary/aromatic N) is 1. The van der Waals surface area contributed by atoms with Gasteiger partial charge in [-0.25, -0.2) is 0 Å². The number of aliphatic carboxylic acids is 1. The number of carboxylic acid groups (broad SMARTS) is 1. The molecule has 0 aromatic heterocycles. The molecule has 4 heteroatoms. The van der Waals surface area contributed by atoms with Crippen LogP contribution >= 0.6 is 0 Å². The lowest BCUT2D eigenvalue weighted by Gasteiger charge is -2.29. The number of rotatable bonds is 2. The van der Waals surface area contributed by atoms with Crippen LogP contribution in [0.3, 0.4) is 0 Å². The minimum absolute atomic E-state index is 0.156. The van der Waals surface area contributed by atoms with Gasteiger partial charge in [0.1, 0.15) is 6.04 Å². The van der Waals surface area contributed by atoms with Crippen LogP contribution in [0.4, 0.5) is 0 Å². The van der Waals surface area contributed by atoms with Gasteiger partial charge in [0.25, 0.3) is 0 Å². The average molecular weight is 182 g/mol. The Kier molecular flexibility index (Phi) is 3.26. The fraction of sp³-hybridized carbons (Fsp3) is 0.778. The molecule has 13 heavy (non-hydrogen) atoms. The first-order chi connectivity index (χ1) is 6.16. The molecule has 0 amide bonds. The summed E-state index contributed by atoms with van der Waals surface area (Å²) in [6.07, 6.45) is 3.57. The second-order valence-electron chi connectivity index (χ2n) is 3.55. The van der Waals surface area contributed by atoms with Gasteiger partial charge in [-0.15, -0.1) is 0 Å². The minimum atomic E-state index is -0.993. The van der Waals surface area contributed by atoms with Crippen molar-refractivity contribution < 1.29 is 9.90 Å². The Morgan fingerprint density at radius 1 is 1.54 bits per heavy atom. The lowest BCUT2D eigenvalue weighted by molar-refractivity contribution is -0.140. The third-order valence-electron chi connectivity index (χ3n) is 2.73. The zero-order valence-electron chi connectivity index (χ0n) is 7.44. The number of nitriles is 1. The van der Waals surface area contributed by atoms with Crippen LogP contribution in [-0.2, 0) is 4.79 Å². The van der Waals surface area contributed by atoms with Crippen LogP contribution in [0.15, 0.2) is 0 Å². The Labute approximate surface area is 77.3 Å². The van der Waals surface area contributed by atoms with Crippen molar-refractivity contribution in [3.05, 3.63) is 0 Å². The van der Waals surface area contributed by atoms with E-state index in [0.717, 1.165) is 25.7 Å². The molecule has 1 saturated carbocycles. The molecule has 3 atom stereocenters. The molecule has 0 heterocycles. The van der Waals surface area contributed by atoms with Gasteiger partial charge in [-0.2, -0.15) is 5.26 Å². The van der Waals surface area contributed by atoms with Gasteiger partial charge in [0.05, 0.1) is 12.0 Å². The van der Waals surface area contributed by atoms with Crippen molar-refractivity contribution in [3.63, 3.8) is 0 Å². The van der Waals surface area contributed by atoms with Gasteiger partial charge in [-0.1, -0.05) is 12.8 Å². The smallest absolute Gasteiger partial charge is 0.320 e. The molecule has 0 radical (unpaired) electrons. The van der Waals surface area contributed by atoms with Crippen LogP contribution in [0.1, 0.15) is 25.7 Å². The van der Waals surface area contributed by atoms with E-state index >= 15 is 0 Å². The molecule has 0 aromatic rings. The maximum absolute atomic E-state index is 10.6. The maximum atomic E-state index is 10.6. The SMILES string of the molecule is N#CC1CCCCC1[C@@H](N)C(=O)O. The molecular weight excluding hydrogens is 168 g/mol. The van der Waals surface area contributed by atoms with Gasteiger partial charge in [0.2, 0.25) is 0 Å². The monoisotopic (exact) mass is 182 g/mol. The van der Waals surface area contributed by atoms with Crippen molar-refractivity contribution in [2.45, 2.75) is 31.7 Å². The van der Waals surface area contributed by atoms with E-state index < -0.39 is 12.0 Å². The second kappa shape index (κ2) is 4.24. The number of carbonyl (C=O) groups is 1. The Morgan fingerprint density at radius 2 is 2.15 bits per heavy atom. The number of nitrogens with two attached hydrogens (primary N) is 1. The van der Waals surface area contributed by atoms with Crippen LogP contribution in [0.5, 0.6) is 0 Å². The van der Waals surface area contributed by atoms with Gasteiger partial charge in [0.15, 0.2) is 0 Å². The van der Waals surface area contributed by atoms with Gasteiger partial charge < -0.3 is 10.8 Å². The largest absolute Gasteiger partial charge is 0.480 e. The number of carboxylic acids is 1. The lowest BCUT2D eigenvalue weighted by atomic mass is 9.76. The molecule has 0 aliphatic heterocycles. The molecule has 1 aliphatic carbocycles. The van der Waals surface area contributed by atoms with E-state index in [4.69, 9.17) is 16.1 Å². The fourth-order valence-electron chi connectivity index (χ4n) is 1.93. The van der Waals surface area contributed by atoms with Crippen LogP contribution in [0, 0.1) is 23.2 Å². The highest BCUT2D eigenvalue weighted by Crippen LogP contribution is 2.31. The van der Waals surface area contributed by atoms with Crippen LogP contribution in [-0.4, -0.2) is 17.1 Å². The summed E-state index contributed by atoms with van der Waals surface area (Å²) in [6.45, 7) is 0. The van der Waals surface area contributed by atoms with E-state index in [9.17, 15) is 4.79 Å². The summed E-state index contributed by atoms with van der Waals surface area (Å²) in [4.78, 5) is 10.6. The lowest BCUT2D eigenvalue weighted by Crippen LogP contribution is -2.42. The highest BCUT2D eigenvalue weighted by molar-refractivity contribution is 5.73. The molecule has 1 aliphatic rings. The van der Waals surface area contributed by atoms with E-state index in [0.29, 0.717) is 0 Å². The molecule has 72 valence electrons. The van der Waals surface area contributed by atoms with Crippen molar-refractivity contribution in [3.8, 4) is 6.07 Å². The summed E-state index contributed by atoms with van der Waals surface area (Å²) >= 11 is 0. The van der Waals surface area contributed by atoms with Gasteiger partial charge in [-0.3, -0.25) is 4.79 Å². The molecule has 0 saturated heterocycles. The number of hydrogen-bond donors (Lipinski definition) is 2. The summed E-state index contributed by atoms with van der Waals surface area (Å²) in [5.74, 6) is -1.32. The molecule has 2 unspecified atom stereocenters. The first kappa shape index (κ1) is 10.0. The summed E-state index contributed by atoms with van der Waals surface area (Å²) < 4.78 is 0. The van der Waals surface area contributed by atoms with E-state index in [1.165, 1.54) is 0 Å². The van der Waals surface area contributed by atoms with Crippen LogP contribution in [0.2, 0.25) is 0 Å². The molecule has 3 N–H and O–H groups in total. The zero-order chi connectivity index (χ0) is 9.84.